The SMILES string of the molecule is COc1ccc(Br)cc1CC(=O)CCc1ccc(C)cc1. The Balaban J connectivity index is 1.95. The number of methoxy groups -OCH3 is 1. The Labute approximate surface area is 134 Å². The fourth-order valence-corrected chi connectivity index (χ4v) is 2.63. The number of carbonyl (C=O) groups is 1. The molecular weight excluding hydrogens is 328 g/mol. The van der Waals surface area contributed by atoms with E-state index < -0.39 is 0 Å². The van der Waals surface area contributed by atoms with E-state index in [0.29, 0.717) is 12.8 Å². The van der Waals surface area contributed by atoms with Crippen LogP contribution in [0.25, 0.3) is 0 Å². The molecule has 0 spiro atoms. The molecule has 0 radical (unpaired) electrons. The molecule has 0 unspecified atom stereocenters. The summed E-state index contributed by atoms with van der Waals surface area (Å²) in [5, 5.41) is 0. The fourth-order valence-electron chi connectivity index (χ4n) is 2.22. The average Bonchev–Trinajstić information content (AvgIpc) is 2.47. The number of Topliss-reactive ketones (excluding diaryl/α,β-unsaturated/α-hetero) is 1. The van der Waals surface area contributed by atoms with Crippen molar-refractivity contribution in [3.8, 4) is 5.75 Å². The molecule has 110 valence electrons. The Hall–Kier alpha value is -1.61. The van der Waals surface area contributed by atoms with Crippen LogP contribution in [0.3, 0.4) is 0 Å². The van der Waals surface area contributed by atoms with E-state index in [0.717, 1.165) is 22.2 Å². The summed E-state index contributed by atoms with van der Waals surface area (Å²) < 4.78 is 6.27. The summed E-state index contributed by atoms with van der Waals surface area (Å²) in [6.45, 7) is 2.06. The van der Waals surface area contributed by atoms with Gasteiger partial charge in [-0.1, -0.05) is 45.8 Å². The van der Waals surface area contributed by atoms with E-state index in [9.17, 15) is 4.79 Å². The molecular formula is C18H19BrO2. The van der Waals surface area contributed by atoms with Gasteiger partial charge in [0, 0.05) is 22.9 Å². The normalized spacial score (nSPS) is 10.4. The molecule has 0 fully saturated rings. The van der Waals surface area contributed by atoms with Gasteiger partial charge in [-0.05, 0) is 37.1 Å². The third-order valence-corrected chi connectivity index (χ3v) is 3.94. The van der Waals surface area contributed by atoms with Gasteiger partial charge in [-0.15, -0.1) is 0 Å². The van der Waals surface area contributed by atoms with Gasteiger partial charge in [0.1, 0.15) is 11.5 Å². The standard InChI is InChI=1S/C18H19BrO2/c1-13-3-5-14(6-4-13)7-9-17(20)12-15-11-16(19)8-10-18(15)21-2/h3-6,8,10-11H,7,9,12H2,1-2H3. The van der Waals surface area contributed by atoms with Crippen LogP contribution in [-0.4, -0.2) is 12.9 Å². The number of carbonyl (C=O) groups excluding carboxylic acids is 1. The second-order valence-corrected chi connectivity index (χ2v) is 6.07. The first-order valence-electron chi connectivity index (χ1n) is 6.98. The van der Waals surface area contributed by atoms with E-state index in [-0.39, 0.29) is 5.78 Å². The van der Waals surface area contributed by atoms with Crippen LogP contribution in [0.15, 0.2) is 46.9 Å². The Morgan fingerprint density at radius 1 is 1.14 bits per heavy atom. The quantitative estimate of drug-likeness (QED) is 0.769. The molecule has 0 N–H and O–H groups in total. The topological polar surface area (TPSA) is 26.3 Å². The minimum absolute atomic E-state index is 0.229. The summed E-state index contributed by atoms with van der Waals surface area (Å²) in [4.78, 5) is 12.2. The van der Waals surface area contributed by atoms with Gasteiger partial charge in [-0.3, -0.25) is 4.79 Å². The molecule has 0 amide bonds. The van der Waals surface area contributed by atoms with Crippen LogP contribution in [0.4, 0.5) is 0 Å². The largest absolute Gasteiger partial charge is 0.496 e. The van der Waals surface area contributed by atoms with Gasteiger partial charge in [0.25, 0.3) is 0 Å². The fraction of sp³-hybridized carbons (Fsp3) is 0.278. The maximum atomic E-state index is 12.2. The van der Waals surface area contributed by atoms with Crippen LogP contribution >= 0.6 is 15.9 Å². The predicted octanol–water partition coefficient (Wildman–Crippen LogP) is 4.51. The summed E-state index contributed by atoms with van der Waals surface area (Å²) in [6.07, 6.45) is 1.75. The Morgan fingerprint density at radius 2 is 1.86 bits per heavy atom. The van der Waals surface area contributed by atoms with Crippen LogP contribution in [0.1, 0.15) is 23.1 Å². The van der Waals surface area contributed by atoms with Crippen molar-refractivity contribution < 1.29 is 9.53 Å². The zero-order valence-electron chi connectivity index (χ0n) is 12.4. The molecule has 3 heteroatoms. The third kappa shape index (κ3) is 4.71. The highest BCUT2D eigenvalue weighted by Gasteiger charge is 2.09. The van der Waals surface area contributed by atoms with Crippen molar-refractivity contribution in [2.45, 2.75) is 26.2 Å². The molecule has 0 aliphatic carbocycles. The van der Waals surface area contributed by atoms with Crippen LogP contribution < -0.4 is 4.74 Å². The monoisotopic (exact) mass is 346 g/mol. The maximum absolute atomic E-state index is 12.2. The van der Waals surface area contributed by atoms with Gasteiger partial charge in [0.2, 0.25) is 0 Å². The highest BCUT2D eigenvalue weighted by atomic mass is 79.9. The first kappa shape index (κ1) is 15.8. The predicted molar refractivity (Wildman–Crippen MR) is 88.9 cm³/mol. The van der Waals surface area contributed by atoms with E-state index in [4.69, 9.17) is 4.74 Å². The smallest absolute Gasteiger partial charge is 0.137 e. The number of halogens is 1. The highest BCUT2D eigenvalue weighted by Crippen LogP contribution is 2.24. The lowest BCUT2D eigenvalue weighted by Crippen LogP contribution is -2.06. The number of ketones is 1. The minimum Gasteiger partial charge on any atom is -0.496 e. The minimum atomic E-state index is 0.229. The summed E-state index contributed by atoms with van der Waals surface area (Å²) in [7, 11) is 1.63. The average molecular weight is 347 g/mol. The zero-order valence-corrected chi connectivity index (χ0v) is 13.9. The van der Waals surface area contributed by atoms with Crippen molar-refractivity contribution in [2.75, 3.05) is 7.11 Å². The van der Waals surface area contributed by atoms with Crippen molar-refractivity contribution in [3.05, 3.63) is 63.6 Å². The van der Waals surface area contributed by atoms with Crippen molar-refractivity contribution in [2.24, 2.45) is 0 Å². The van der Waals surface area contributed by atoms with E-state index in [1.165, 1.54) is 11.1 Å². The molecule has 0 saturated heterocycles. The van der Waals surface area contributed by atoms with Crippen molar-refractivity contribution >= 4 is 21.7 Å². The van der Waals surface area contributed by atoms with Crippen LogP contribution in [0.5, 0.6) is 5.75 Å². The molecule has 0 aliphatic rings. The lowest BCUT2D eigenvalue weighted by molar-refractivity contribution is -0.118. The third-order valence-electron chi connectivity index (χ3n) is 3.44. The van der Waals surface area contributed by atoms with E-state index in [1.54, 1.807) is 7.11 Å². The van der Waals surface area contributed by atoms with E-state index in [2.05, 4.69) is 47.1 Å². The molecule has 0 atom stereocenters. The number of rotatable bonds is 6. The van der Waals surface area contributed by atoms with Crippen molar-refractivity contribution in [1.82, 2.24) is 0 Å². The van der Waals surface area contributed by atoms with Crippen molar-refractivity contribution in [1.29, 1.82) is 0 Å². The second-order valence-electron chi connectivity index (χ2n) is 5.16. The van der Waals surface area contributed by atoms with Crippen LogP contribution in [0.2, 0.25) is 0 Å². The van der Waals surface area contributed by atoms with Gasteiger partial charge in [-0.2, -0.15) is 0 Å². The van der Waals surface area contributed by atoms with Crippen LogP contribution in [-0.2, 0) is 17.6 Å². The maximum Gasteiger partial charge on any atom is 0.137 e. The number of hydrogen-bond acceptors (Lipinski definition) is 2. The Kier molecular flexibility index (Phi) is 5.57. The second kappa shape index (κ2) is 7.41. The Bertz CT molecular complexity index is 618. The Morgan fingerprint density at radius 3 is 2.52 bits per heavy atom. The summed E-state index contributed by atoms with van der Waals surface area (Å²) >= 11 is 3.43. The zero-order chi connectivity index (χ0) is 15.2. The van der Waals surface area contributed by atoms with E-state index >= 15 is 0 Å². The molecule has 0 heterocycles. The molecule has 21 heavy (non-hydrogen) atoms. The van der Waals surface area contributed by atoms with Gasteiger partial charge in [-0.25, -0.2) is 0 Å². The highest BCUT2D eigenvalue weighted by molar-refractivity contribution is 9.10. The molecule has 2 nitrogen and oxygen atoms in total. The van der Waals surface area contributed by atoms with Crippen LogP contribution in [0, 0.1) is 6.92 Å². The first-order valence-corrected chi connectivity index (χ1v) is 7.77. The first-order chi connectivity index (χ1) is 10.1. The van der Waals surface area contributed by atoms with Gasteiger partial charge < -0.3 is 4.74 Å². The number of benzene rings is 2. The summed E-state index contributed by atoms with van der Waals surface area (Å²) in [6, 6.07) is 14.1. The van der Waals surface area contributed by atoms with Gasteiger partial charge >= 0.3 is 0 Å². The molecule has 0 aliphatic heterocycles. The molecule has 0 saturated carbocycles. The van der Waals surface area contributed by atoms with Gasteiger partial charge in [0.15, 0.2) is 0 Å². The lowest BCUT2D eigenvalue weighted by atomic mass is 10.0. The molecule has 0 aromatic heterocycles. The van der Waals surface area contributed by atoms with Crippen molar-refractivity contribution in [3.63, 3.8) is 0 Å². The summed E-state index contributed by atoms with van der Waals surface area (Å²) in [5.74, 6) is 0.994. The van der Waals surface area contributed by atoms with E-state index in [1.807, 2.05) is 18.2 Å². The summed E-state index contributed by atoms with van der Waals surface area (Å²) in [5.41, 5.74) is 3.37. The number of hydrogen-bond donors (Lipinski definition) is 0. The number of aryl methyl sites for hydroxylation is 2. The molecule has 2 rings (SSSR count). The molecule has 2 aromatic rings. The lowest BCUT2D eigenvalue weighted by Gasteiger charge is -2.08. The molecule has 0 bridgehead atoms. The molecule has 2 aromatic carbocycles. The van der Waals surface area contributed by atoms with Gasteiger partial charge in [0.05, 0.1) is 7.11 Å². The number of ether oxygens (including phenoxy) is 1.